The SMILES string of the molecule is COc1cc(C)ccc1[S+]([O-])NC(=O)c1cc2c(F)cc(N3CC(F)C3)cc2o1. The number of fused-ring (bicyclic) bond motifs is 1. The lowest BCUT2D eigenvalue weighted by molar-refractivity contribution is 0.0956. The first-order valence-corrected chi connectivity index (χ1v) is 10.00. The fourth-order valence-corrected chi connectivity index (χ4v) is 4.03. The van der Waals surface area contributed by atoms with Crippen molar-refractivity contribution in [1.29, 1.82) is 0 Å². The first-order chi connectivity index (χ1) is 13.9. The molecule has 1 atom stereocenters. The molecule has 0 bridgehead atoms. The molecule has 152 valence electrons. The maximum atomic E-state index is 14.4. The summed E-state index contributed by atoms with van der Waals surface area (Å²) in [5.41, 5.74) is 1.56. The molecule has 0 radical (unpaired) electrons. The monoisotopic (exact) mass is 420 g/mol. The summed E-state index contributed by atoms with van der Waals surface area (Å²) < 4.78 is 53.1. The Hall–Kier alpha value is -2.78. The average molecular weight is 420 g/mol. The van der Waals surface area contributed by atoms with Crippen LogP contribution in [0.2, 0.25) is 0 Å². The number of nitrogens with zero attached hydrogens (tertiary/aromatic N) is 1. The zero-order valence-electron chi connectivity index (χ0n) is 15.7. The summed E-state index contributed by atoms with van der Waals surface area (Å²) in [5.74, 6) is -1.13. The van der Waals surface area contributed by atoms with Gasteiger partial charge in [0.05, 0.1) is 25.6 Å². The van der Waals surface area contributed by atoms with Crippen LogP contribution >= 0.6 is 0 Å². The first-order valence-electron chi connectivity index (χ1n) is 8.85. The van der Waals surface area contributed by atoms with Gasteiger partial charge >= 0.3 is 5.91 Å². The zero-order chi connectivity index (χ0) is 20.7. The standard InChI is InChI=1S/C20H18F2N2O4S/c1-11-3-4-19(17(5-11)27-2)29(26)23-20(25)18-8-14-15(22)6-13(7-16(14)28-18)24-9-12(21)10-24/h3-8,12H,9-10H2,1-2H3,(H,23,25). The Labute approximate surface area is 168 Å². The molecule has 0 spiro atoms. The maximum absolute atomic E-state index is 14.4. The minimum Gasteiger partial charge on any atom is -0.588 e. The van der Waals surface area contributed by atoms with Crippen LogP contribution in [0.1, 0.15) is 16.1 Å². The molecule has 0 saturated carbocycles. The predicted octanol–water partition coefficient (Wildman–Crippen LogP) is 3.50. The third-order valence-corrected chi connectivity index (χ3v) is 5.81. The van der Waals surface area contributed by atoms with Gasteiger partial charge in [-0.15, -0.1) is 0 Å². The molecule has 1 N–H and O–H groups in total. The number of hydrogen-bond acceptors (Lipinski definition) is 5. The number of anilines is 1. The largest absolute Gasteiger partial charge is 0.588 e. The summed E-state index contributed by atoms with van der Waals surface area (Å²) in [5, 5.41) is 0.120. The number of halogens is 2. The van der Waals surface area contributed by atoms with Crippen LogP contribution in [0.15, 0.2) is 45.7 Å². The summed E-state index contributed by atoms with van der Waals surface area (Å²) >= 11 is -1.90. The Balaban J connectivity index is 1.56. The lowest BCUT2D eigenvalue weighted by Gasteiger charge is -2.36. The fourth-order valence-electron chi connectivity index (χ4n) is 3.13. The van der Waals surface area contributed by atoms with Gasteiger partial charge in [0.25, 0.3) is 0 Å². The molecule has 2 aromatic carbocycles. The van der Waals surface area contributed by atoms with Crippen molar-refractivity contribution in [3.63, 3.8) is 0 Å². The van der Waals surface area contributed by atoms with Crippen LogP contribution in [0.3, 0.4) is 0 Å². The number of ether oxygens (including phenoxy) is 1. The highest BCUT2D eigenvalue weighted by molar-refractivity contribution is 7.90. The van der Waals surface area contributed by atoms with Gasteiger partial charge in [-0.05, 0) is 30.7 Å². The maximum Gasteiger partial charge on any atom is 0.328 e. The molecule has 1 unspecified atom stereocenters. The van der Waals surface area contributed by atoms with Gasteiger partial charge in [0.1, 0.15) is 28.9 Å². The van der Waals surface area contributed by atoms with E-state index in [9.17, 15) is 18.1 Å². The molecule has 0 aliphatic carbocycles. The number of aryl methyl sites for hydroxylation is 1. The van der Waals surface area contributed by atoms with Crippen LogP contribution < -0.4 is 14.4 Å². The third-order valence-electron chi connectivity index (χ3n) is 4.70. The number of hydrogen-bond donors (Lipinski definition) is 1. The summed E-state index contributed by atoms with van der Waals surface area (Å²) in [6, 6.07) is 9.14. The van der Waals surface area contributed by atoms with Gasteiger partial charge in [0.2, 0.25) is 4.90 Å². The number of alkyl halides is 1. The Morgan fingerprint density at radius 2 is 2.07 bits per heavy atom. The van der Waals surface area contributed by atoms with Crippen molar-refractivity contribution < 1.29 is 27.3 Å². The van der Waals surface area contributed by atoms with Gasteiger partial charge in [0, 0.05) is 17.8 Å². The van der Waals surface area contributed by atoms with Gasteiger partial charge in [-0.1, -0.05) is 6.07 Å². The van der Waals surface area contributed by atoms with Crippen LogP contribution in [-0.2, 0) is 11.4 Å². The van der Waals surface area contributed by atoms with Gasteiger partial charge in [0.15, 0.2) is 11.5 Å². The summed E-state index contributed by atoms with van der Waals surface area (Å²) in [6.45, 7) is 2.24. The van der Waals surface area contributed by atoms with Crippen LogP contribution in [0.25, 0.3) is 11.0 Å². The molecule has 1 fully saturated rings. The van der Waals surface area contributed by atoms with Gasteiger partial charge in [-0.2, -0.15) is 4.72 Å². The molecule has 9 heteroatoms. The van der Waals surface area contributed by atoms with Crippen LogP contribution in [-0.4, -0.2) is 36.8 Å². The Bertz CT molecular complexity index is 1080. The molecule has 1 saturated heterocycles. The minimum atomic E-state index is -1.90. The van der Waals surface area contributed by atoms with E-state index < -0.39 is 29.3 Å². The number of benzene rings is 2. The van der Waals surface area contributed by atoms with Crippen molar-refractivity contribution in [3.8, 4) is 5.75 Å². The third kappa shape index (κ3) is 3.75. The lowest BCUT2D eigenvalue weighted by Crippen LogP contribution is -2.48. The number of carbonyl (C=O) groups excluding carboxylic acids is 1. The van der Waals surface area contributed by atoms with E-state index in [-0.39, 0.29) is 29.8 Å². The number of furan rings is 1. The van der Waals surface area contributed by atoms with E-state index in [1.807, 2.05) is 6.92 Å². The number of methoxy groups -OCH3 is 1. The highest BCUT2D eigenvalue weighted by Crippen LogP contribution is 2.31. The van der Waals surface area contributed by atoms with Crippen LogP contribution in [0, 0.1) is 12.7 Å². The van der Waals surface area contributed by atoms with E-state index in [1.165, 1.54) is 19.2 Å². The van der Waals surface area contributed by atoms with Crippen LogP contribution in [0.4, 0.5) is 14.5 Å². The number of carbonyl (C=O) groups is 1. The fraction of sp³-hybridized carbons (Fsp3) is 0.250. The van der Waals surface area contributed by atoms with Gasteiger partial charge in [-0.3, -0.25) is 4.79 Å². The molecule has 1 aliphatic heterocycles. The molecule has 2 heterocycles. The molecule has 1 aromatic heterocycles. The van der Waals surface area contributed by atoms with Crippen molar-refractivity contribution in [2.24, 2.45) is 0 Å². The van der Waals surface area contributed by atoms with E-state index >= 15 is 0 Å². The Morgan fingerprint density at radius 3 is 2.76 bits per heavy atom. The normalized spacial score (nSPS) is 15.3. The number of rotatable bonds is 5. The second kappa shape index (κ2) is 7.57. The van der Waals surface area contributed by atoms with E-state index in [1.54, 1.807) is 29.2 Å². The second-order valence-corrected chi connectivity index (χ2v) is 7.99. The molecule has 1 amide bonds. The summed E-state index contributed by atoms with van der Waals surface area (Å²) in [7, 11) is 1.44. The van der Waals surface area contributed by atoms with E-state index in [0.29, 0.717) is 16.3 Å². The number of amides is 1. The molecule has 29 heavy (non-hydrogen) atoms. The lowest BCUT2D eigenvalue weighted by atomic mass is 10.1. The average Bonchev–Trinajstić information content (AvgIpc) is 3.10. The van der Waals surface area contributed by atoms with E-state index in [0.717, 1.165) is 5.56 Å². The quantitative estimate of drug-likeness (QED) is 0.640. The van der Waals surface area contributed by atoms with Crippen molar-refractivity contribution in [3.05, 3.63) is 53.5 Å². The summed E-state index contributed by atoms with van der Waals surface area (Å²) in [6.07, 6.45) is -0.930. The molecular weight excluding hydrogens is 402 g/mol. The molecule has 6 nitrogen and oxygen atoms in total. The zero-order valence-corrected chi connectivity index (χ0v) is 16.5. The Morgan fingerprint density at radius 1 is 1.31 bits per heavy atom. The van der Waals surface area contributed by atoms with E-state index in [2.05, 4.69) is 4.72 Å². The van der Waals surface area contributed by atoms with Crippen molar-refractivity contribution in [2.75, 3.05) is 25.1 Å². The molecular formula is C20H18F2N2O4S. The number of nitrogens with one attached hydrogen (secondary N) is 1. The predicted molar refractivity (Wildman–Crippen MR) is 105 cm³/mol. The van der Waals surface area contributed by atoms with Gasteiger partial charge < -0.3 is 18.6 Å². The minimum absolute atomic E-state index is 0.120. The summed E-state index contributed by atoms with van der Waals surface area (Å²) in [4.78, 5) is 14.5. The second-order valence-electron chi connectivity index (χ2n) is 6.81. The first kappa shape index (κ1) is 19.5. The molecule has 1 aliphatic rings. The van der Waals surface area contributed by atoms with E-state index in [4.69, 9.17) is 9.15 Å². The Kier molecular flexibility index (Phi) is 5.10. The van der Waals surface area contributed by atoms with Crippen molar-refractivity contribution in [1.82, 2.24) is 4.72 Å². The van der Waals surface area contributed by atoms with Crippen molar-refractivity contribution in [2.45, 2.75) is 18.0 Å². The highest BCUT2D eigenvalue weighted by atomic mass is 32.2. The van der Waals surface area contributed by atoms with Crippen LogP contribution in [0.5, 0.6) is 5.75 Å². The van der Waals surface area contributed by atoms with Gasteiger partial charge in [-0.25, -0.2) is 8.78 Å². The smallest absolute Gasteiger partial charge is 0.328 e. The van der Waals surface area contributed by atoms with Crippen molar-refractivity contribution >= 4 is 33.9 Å². The highest BCUT2D eigenvalue weighted by Gasteiger charge is 2.28. The molecule has 4 rings (SSSR count). The topological polar surface area (TPSA) is 77.8 Å². The molecule has 3 aromatic rings.